The van der Waals surface area contributed by atoms with Gasteiger partial charge in [-0.2, -0.15) is 13.2 Å². The number of fused-ring (bicyclic) bond motifs is 1. The normalized spacial score (nSPS) is 11.8. The number of hydrogen-bond donors (Lipinski definition) is 1. The molecule has 1 N–H and O–H groups in total. The van der Waals surface area contributed by atoms with E-state index in [0.717, 1.165) is 27.5 Å². The number of nitrogens with zero attached hydrogens (tertiary/aromatic N) is 2. The minimum atomic E-state index is -4.74. The van der Waals surface area contributed by atoms with E-state index in [4.69, 9.17) is 11.6 Å². The molecule has 1 amide bonds. The number of carbonyl (C=O) groups is 1. The topological polar surface area (TPSA) is 46.4 Å². The third-order valence-electron chi connectivity index (χ3n) is 4.36. The third kappa shape index (κ3) is 3.90. The Morgan fingerprint density at radius 3 is 2.53 bits per heavy atom. The highest BCUT2D eigenvalue weighted by molar-refractivity contribution is 7.09. The second-order valence-corrected chi connectivity index (χ2v) is 7.74. The second-order valence-electron chi connectivity index (χ2n) is 6.35. The standard InChI is InChI=1S/C20H12ClF4N3OS/c21-17-16(19(29)26-9-14-2-1-7-30-14)27-18-15(20(23,24)25)8-12(10-28(17)18)11-3-5-13(22)6-4-11/h1-8,10H,9H2,(H,26,29). The van der Waals surface area contributed by atoms with Gasteiger partial charge < -0.3 is 5.32 Å². The van der Waals surface area contributed by atoms with E-state index in [2.05, 4.69) is 10.3 Å². The lowest BCUT2D eigenvalue weighted by Gasteiger charge is -2.11. The van der Waals surface area contributed by atoms with Crippen LogP contribution in [0, 0.1) is 5.82 Å². The van der Waals surface area contributed by atoms with Gasteiger partial charge in [-0.1, -0.05) is 29.8 Å². The number of amides is 1. The van der Waals surface area contributed by atoms with Gasteiger partial charge in [-0.05, 0) is 40.8 Å². The maximum absolute atomic E-state index is 13.7. The summed E-state index contributed by atoms with van der Waals surface area (Å²) in [6.07, 6.45) is -3.40. The number of thiophene rings is 1. The number of pyridine rings is 1. The zero-order valence-corrected chi connectivity index (χ0v) is 16.6. The Hall–Kier alpha value is -2.91. The van der Waals surface area contributed by atoms with Crippen LogP contribution in [0.5, 0.6) is 0 Å². The smallest absolute Gasteiger partial charge is 0.346 e. The summed E-state index contributed by atoms with van der Waals surface area (Å²) in [5.41, 5.74) is -1.34. The molecule has 4 rings (SSSR count). The molecule has 0 spiro atoms. The van der Waals surface area contributed by atoms with Crippen molar-refractivity contribution in [3.63, 3.8) is 0 Å². The molecule has 0 radical (unpaired) electrons. The number of imidazole rings is 1. The maximum atomic E-state index is 13.7. The summed E-state index contributed by atoms with van der Waals surface area (Å²) < 4.78 is 55.3. The molecule has 1 aromatic carbocycles. The van der Waals surface area contributed by atoms with Crippen LogP contribution in [0.2, 0.25) is 5.15 Å². The first-order chi connectivity index (χ1) is 14.2. The van der Waals surface area contributed by atoms with E-state index in [-0.39, 0.29) is 23.0 Å². The average molecular weight is 454 g/mol. The highest BCUT2D eigenvalue weighted by atomic mass is 35.5. The van der Waals surface area contributed by atoms with Crippen molar-refractivity contribution in [2.45, 2.75) is 12.7 Å². The second kappa shape index (κ2) is 7.73. The number of nitrogens with one attached hydrogen (secondary N) is 1. The molecule has 4 aromatic rings. The predicted molar refractivity (Wildman–Crippen MR) is 106 cm³/mol. The number of aromatic nitrogens is 2. The molecule has 154 valence electrons. The molecular formula is C20H12ClF4N3OS. The fourth-order valence-corrected chi connectivity index (χ4v) is 3.84. The van der Waals surface area contributed by atoms with Crippen molar-refractivity contribution in [2.75, 3.05) is 0 Å². The van der Waals surface area contributed by atoms with Crippen LogP contribution >= 0.6 is 22.9 Å². The summed E-state index contributed by atoms with van der Waals surface area (Å²) >= 11 is 7.66. The molecule has 0 unspecified atom stereocenters. The zero-order valence-electron chi connectivity index (χ0n) is 15.0. The lowest BCUT2D eigenvalue weighted by Crippen LogP contribution is -2.23. The highest BCUT2D eigenvalue weighted by Crippen LogP contribution is 2.37. The molecule has 4 nitrogen and oxygen atoms in total. The van der Waals surface area contributed by atoms with Gasteiger partial charge in [0.15, 0.2) is 11.3 Å². The molecule has 0 aliphatic rings. The van der Waals surface area contributed by atoms with E-state index in [1.807, 2.05) is 17.5 Å². The van der Waals surface area contributed by atoms with E-state index in [9.17, 15) is 22.4 Å². The molecule has 3 heterocycles. The molecule has 0 fully saturated rings. The first-order valence-corrected chi connectivity index (χ1v) is 9.85. The van der Waals surface area contributed by atoms with Gasteiger partial charge in [-0.25, -0.2) is 9.37 Å². The van der Waals surface area contributed by atoms with E-state index >= 15 is 0 Å². The number of alkyl halides is 3. The monoisotopic (exact) mass is 453 g/mol. The van der Waals surface area contributed by atoms with Crippen molar-refractivity contribution >= 4 is 34.5 Å². The quantitative estimate of drug-likeness (QED) is 0.397. The van der Waals surface area contributed by atoms with E-state index in [1.165, 1.54) is 29.7 Å². The van der Waals surface area contributed by atoms with Gasteiger partial charge in [-0.15, -0.1) is 11.3 Å². The lowest BCUT2D eigenvalue weighted by atomic mass is 10.1. The van der Waals surface area contributed by atoms with Crippen LogP contribution < -0.4 is 5.32 Å². The molecule has 0 saturated heterocycles. The van der Waals surface area contributed by atoms with E-state index < -0.39 is 29.1 Å². The van der Waals surface area contributed by atoms with E-state index in [0.29, 0.717) is 5.56 Å². The van der Waals surface area contributed by atoms with Gasteiger partial charge in [0.25, 0.3) is 5.91 Å². The molecule has 0 saturated carbocycles. The van der Waals surface area contributed by atoms with Gasteiger partial charge in [0, 0.05) is 11.1 Å². The predicted octanol–water partition coefficient (Wildman–Crippen LogP) is 5.80. The fraction of sp³-hybridized carbons (Fsp3) is 0.100. The Morgan fingerprint density at radius 2 is 1.90 bits per heavy atom. The molecule has 3 aromatic heterocycles. The van der Waals surface area contributed by atoms with Crippen molar-refractivity contribution in [2.24, 2.45) is 0 Å². The molecule has 30 heavy (non-hydrogen) atoms. The molecule has 0 aliphatic heterocycles. The molecule has 10 heteroatoms. The minimum absolute atomic E-state index is 0.152. The van der Waals surface area contributed by atoms with Crippen LogP contribution in [0.3, 0.4) is 0 Å². The highest BCUT2D eigenvalue weighted by Gasteiger charge is 2.36. The zero-order chi connectivity index (χ0) is 21.5. The largest absolute Gasteiger partial charge is 0.420 e. The molecular weight excluding hydrogens is 442 g/mol. The van der Waals surface area contributed by atoms with Crippen LogP contribution in [-0.2, 0) is 12.7 Å². The van der Waals surface area contributed by atoms with Crippen LogP contribution in [-0.4, -0.2) is 15.3 Å². The third-order valence-corrected chi connectivity index (χ3v) is 5.60. The number of halogens is 5. The van der Waals surface area contributed by atoms with Crippen LogP contribution in [0.15, 0.2) is 54.0 Å². The summed E-state index contributed by atoms with van der Waals surface area (Å²) in [4.78, 5) is 17.2. The lowest BCUT2D eigenvalue weighted by molar-refractivity contribution is -0.136. The fourth-order valence-electron chi connectivity index (χ4n) is 2.93. The number of benzene rings is 1. The van der Waals surface area contributed by atoms with Gasteiger partial charge in [0.1, 0.15) is 11.0 Å². The SMILES string of the molecule is O=C(NCc1cccs1)c1nc2c(C(F)(F)F)cc(-c3ccc(F)cc3)cn2c1Cl. The summed E-state index contributed by atoms with van der Waals surface area (Å²) in [5, 5.41) is 4.19. The van der Waals surface area contributed by atoms with Crippen LogP contribution in [0.25, 0.3) is 16.8 Å². The summed E-state index contributed by atoms with van der Waals surface area (Å²) in [6.45, 7) is 0.202. The molecule has 0 bridgehead atoms. The Balaban J connectivity index is 1.80. The summed E-state index contributed by atoms with van der Waals surface area (Å²) in [6, 6.07) is 9.53. The number of hydrogen-bond acceptors (Lipinski definition) is 3. The van der Waals surface area contributed by atoms with Crippen molar-refractivity contribution in [1.29, 1.82) is 0 Å². The Labute approximate surface area is 176 Å². The Bertz CT molecular complexity index is 1220. The first-order valence-electron chi connectivity index (χ1n) is 8.59. The van der Waals surface area contributed by atoms with Crippen LogP contribution in [0.4, 0.5) is 17.6 Å². The van der Waals surface area contributed by atoms with Gasteiger partial charge in [0.05, 0.1) is 12.1 Å². The number of carbonyl (C=O) groups excluding carboxylic acids is 1. The van der Waals surface area contributed by atoms with Crippen molar-refractivity contribution in [3.8, 4) is 11.1 Å². The molecule has 0 aliphatic carbocycles. The maximum Gasteiger partial charge on any atom is 0.420 e. The van der Waals surface area contributed by atoms with Gasteiger partial charge in [0.2, 0.25) is 0 Å². The Kier molecular flexibility index (Phi) is 5.25. The van der Waals surface area contributed by atoms with E-state index in [1.54, 1.807) is 0 Å². The van der Waals surface area contributed by atoms with Crippen molar-refractivity contribution < 1.29 is 22.4 Å². The summed E-state index contributed by atoms with van der Waals surface area (Å²) in [5.74, 6) is -1.20. The Morgan fingerprint density at radius 1 is 1.17 bits per heavy atom. The average Bonchev–Trinajstić information content (AvgIpc) is 3.33. The van der Waals surface area contributed by atoms with Crippen molar-refractivity contribution in [3.05, 3.63) is 81.1 Å². The number of rotatable bonds is 4. The molecule has 0 atom stereocenters. The van der Waals surface area contributed by atoms with Crippen LogP contribution in [0.1, 0.15) is 20.9 Å². The van der Waals surface area contributed by atoms with Gasteiger partial charge in [-0.3, -0.25) is 9.20 Å². The van der Waals surface area contributed by atoms with Gasteiger partial charge >= 0.3 is 6.18 Å². The minimum Gasteiger partial charge on any atom is -0.346 e. The summed E-state index contributed by atoms with van der Waals surface area (Å²) in [7, 11) is 0. The first kappa shape index (κ1) is 20.4. The van der Waals surface area contributed by atoms with Crippen molar-refractivity contribution in [1.82, 2.24) is 14.7 Å².